The number of allylic oxidation sites excluding steroid dienone is 16. The molecule has 6 aliphatic carbocycles. The number of benzene rings is 2. The van der Waals surface area contributed by atoms with Crippen LogP contribution < -0.4 is 24.8 Å². The number of hydrogen-bond donors (Lipinski definition) is 0. The van der Waals surface area contributed by atoms with Crippen LogP contribution in [-0.4, -0.2) is 3.21 Å². The summed E-state index contributed by atoms with van der Waals surface area (Å²) in [6.45, 7) is 29.2. The average molecular weight is 877 g/mol. The Morgan fingerprint density at radius 2 is 1.14 bits per heavy atom. The van der Waals surface area contributed by atoms with E-state index < -0.39 is 0 Å². The van der Waals surface area contributed by atoms with Crippen molar-refractivity contribution >= 4 is 3.21 Å². The van der Waals surface area contributed by atoms with Gasteiger partial charge in [0.2, 0.25) is 0 Å². The second kappa shape index (κ2) is 17.0. The van der Waals surface area contributed by atoms with Crippen molar-refractivity contribution in [3.63, 3.8) is 0 Å². The Labute approximate surface area is 375 Å². The van der Waals surface area contributed by atoms with Gasteiger partial charge in [0.15, 0.2) is 0 Å². The third-order valence-corrected chi connectivity index (χ3v) is 17.2. The van der Waals surface area contributed by atoms with Gasteiger partial charge in [-0.15, -0.1) is 17.4 Å². The molecule has 0 heterocycles. The molecule has 2 aromatic rings. The fourth-order valence-corrected chi connectivity index (χ4v) is 13.0. The summed E-state index contributed by atoms with van der Waals surface area (Å²) in [6.07, 6.45) is 39.1. The summed E-state index contributed by atoms with van der Waals surface area (Å²) in [5.74, 6) is 0.982. The van der Waals surface area contributed by atoms with Crippen molar-refractivity contribution in [1.29, 1.82) is 0 Å². The molecule has 0 N–H and O–H groups in total. The molecule has 9 atom stereocenters. The van der Waals surface area contributed by atoms with E-state index in [0.29, 0.717) is 17.3 Å². The Balaban J connectivity index is 0.000000217. The quantitative estimate of drug-likeness (QED) is 0.275. The van der Waals surface area contributed by atoms with Crippen molar-refractivity contribution in [3.05, 3.63) is 174 Å². The molecule has 2 aromatic carbocycles. The number of hydrogen-bond acceptors (Lipinski definition) is 0. The van der Waals surface area contributed by atoms with Gasteiger partial charge in [0.05, 0.1) is 0 Å². The number of halogens is 2. The molecule has 0 bridgehead atoms. The van der Waals surface area contributed by atoms with Gasteiger partial charge >= 0.3 is 112 Å². The molecule has 0 saturated heterocycles. The van der Waals surface area contributed by atoms with Gasteiger partial charge in [-0.25, -0.2) is 6.08 Å². The summed E-state index contributed by atoms with van der Waals surface area (Å²) in [7, 11) is 0. The maximum atomic E-state index is 3.26. The Morgan fingerprint density at radius 3 is 1.58 bits per heavy atom. The fraction of sp³-hybridized carbons (Fsp3) is 0.444. The van der Waals surface area contributed by atoms with E-state index in [1.807, 2.05) is 0 Å². The second-order valence-electron chi connectivity index (χ2n) is 19.6. The normalized spacial score (nSPS) is 37.3. The molecule has 0 nitrogen and oxygen atoms in total. The summed E-state index contributed by atoms with van der Waals surface area (Å²) in [5.41, 5.74) is 6.30. The molecule has 2 saturated carbocycles. The van der Waals surface area contributed by atoms with Gasteiger partial charge in [-0.3, -0.25) is 6.08 Å². The van der Waals surface area contributed by atoms with E-state index in [1.165, 1.54) is 22.3 Å². The van der Waals surface area contributed by atoms with Gasteiger partial charge in [0.25, 0.3) is 0 Å². The monoisotopic (exact) mass is 874 g/mol. The van der Waals surface area contributed by atoms with Crippen LogP contribution in [0.2, 0.25) is 0 Å². The van der Waals surface area contributed by atoms with Crippen molar-refractivity contribution < 1.29 is 49.0 Å². The fourth-order valence-electron chi connectivity index (χ4n) is 12.0. The van der Waals surface area contributed by atoms with Crippen molar-refractivity contribution in [3.8, 4) is 0 Å². The van der Waals surface area contributed by atoms with Gasteiger partial charge in [-0.2, -0.15) is 11.6 Å². The Morgan fingerprint density at radius 1 is 0.684 bits per heavy atom. The van der Waals surface area contributed by atoms with Gasteiger partial charge < -0.3 is 31.2 Å². The van der Waals surface area contributed by atoms with Crippen molar-refractivity contribution in [1.82, 2.24) is 0 Å². The van der Waals surface area contributed by atoms with Crippen LogP contribution in [-0.2, 0) is 37.1 Å². The number of rotatable bonds is 4. The van der Waals surface area contributed by atoms with Crippen molar-refractivity contribution in [2.45, 2.75) is 95.9 Å². The minimum absolute atomic E-state index is 0. The van der Waals surface area contributed by atoms with E-state index in [0.717, 1.165) is 12.8 Å². The van der Waals surface area contributed by atoms with Crippen LogP contribution in [0.4, 0.5) is 0 Å². The topological polar surface area (TPSA) is 0 Å². The molecule has 6 aliphatic rings. The molecule has 0 radical (unpaired) electrons. The van der Waals surface area contributed by atoms with Crippen LogP contribution >= 0.6 is 0 Å². The number of fused-ring (bicyclic) bond motifs is 8. The standard InChI is InChI=1S/C29H37.C15H14.C10H15.2ClH.Zr/c1-21-14-13-15-22-20-27(6)25(4)18-10-9-16-23(25,2)24(3)17-11-12-19-26(24,5)29(27,8)28(21,22)7;1-3-8-14(9-4-1)12-7-13-15-10-5-2-6-11-15;1-8-5-6-9(7-8)10(2,3)4;;;/h9-20,22H,1-8H3;1-6,8-11H,12-13H2;6-8H,1-4H3;2*1H;/q-1;;-1;;;+2/p-2. The Hall–Kier alpha value is -2.31. The SMILES string of the molecule is CC1=CC=CC2[CH-]C3(C)C4(C)C=CC=CC4(C)C4(C)C=CC=CC4(C)C3(C)C12C.CC1[C-]=CC(C(C)(C)C)=C1.[Cl-].[Cl-].[Zr+2]=[C](Cc1ccccc1)Cc1ccccc1. The summed E-state index contributed by atoms with van der Waals surface area (Å²) < 4.78 is 1.60. The third kappa shape index (κ3) is 7.25. The first-order valence-corrected chi connectivity index (χ1v) is 21.9. The van der Waals surface area contributed by atoms with E-state index in [4.69, 9.17) is 0 Å². The summed E-state index contributed by atoms with van der Waals surface area (Å²) in [4.78, 5) is 0. The second-order valence-corrected chi connectivity index (χ2v) is 21.3. The molecule has 302 valence electrons. The summed E-state index contributed by atoms with van der Waals surface area (Å²) in [5, 5.41) is 0. The molecule has 8 rings (SSSR count). The molecule has 3 heteroatoms. The predicted molar refractivity (Wildman–Crippen MR) is 234 cm³/mol. The molecule has 57 heavy (non-hydrogen) atoms. The first-order chi connectivity index (χ1) is 25.7. The molecule has 0 amide bonds. The zero-order chi connectivity index (χ0) is 40.1. The molecule has 2 fully saturated rings. The Kier molecular flexibility index (Phi) is 14.1. The van der Waals surface area contributed by atoms with Crippen LogP contribution in [0.3, 0.4) is 0 Å². The predicted octanol–water partition coefficient (Wildman–Crippen LogP) is 7.81. The van der Waals surface area contributed by atoms with Crippen LogP contribution in [0.25, 0.3) is 0 Å². The van der Waals surface area contributed by atoms with Gasteiger partial charge in [0.1, 0.15) is 0 Å². The molecular formula is C54H66Cl2Zr-2. The van der Waals surface area contributed by atoms with Crippen LogP contribution in [0.1, 0.15) is 94.2 Å². The summed E-state index contributed by atoms with van der Waals surface area (Å²) in [6, 6.07) is 21.4. The van der Waals surface area contributed by atoms with Crippen LogP contribution in [0.5, 0.6) is 0 Å². The molecular weight excluding hydrogens is 811 g/mol. The third-order valence-electron chi connectivity index (χ3n) is 16.4. The van der Waals surface area contributed by atoms with E-state index in [1.54, 1.807) is 27.4 Å². The van der Waals surface area contributed by atoms with E-state index >= 15 is 0 Å². The first kappa shape index (κ1) is 47.4. The zero-order valence-corrected chi connectivity index (χ0v) is 40.7. The molecule has 0 spiro atoms. The van der Waals surface area contributed by atoms with Crippen LogP contribution in [0, 0.1) is 67.7 Å². The summed E-state index contributed by atoms with van der Waals surface area (Å²) >= 11 is 1.55. The van der Waals surface area contributed by atoms with Gasteiger partial charge in [-0.1, -0.05) is 154 Å². The van der Waals surface area contributed by atoms with E-state index in [-0.39, 0.29) is 62.7 Å². The maximum absolute atomic E-state index is 3.26. The molecule has 0 aromatic heterocycles. The van der Waals surface area contributed by atoms with Gasteiger partial charge in [-0.05, 0) is 28.6 Å². The van der Waals surface area contributed by atoms with Gasteiger partial charge in [0, 0.05) is 10.8 Å². The van der Waals surface area contributed by atoms with E-state index in [9.17, 15) is 0 Å². The zero-order valence-electron chi connectivity index (χ0n) is 36.7. The molecule has 0 aliphatic heterocycles. The van der Waals surface area contributed by atoms with Crippen molar-refractivity contribution in [2.75, 3.05) is 0 Å². The minimum atomic E-state index is 0. The van der Waals surface area contributed by atoms with Crippen molar-refractivity contribution in [2.24, 2.45) is 55.2 Å². The van der Waals surface area contributed by atoms with E-state index in [2.05, 4.69) is 235 Å². The Bertz CT molecular complexity index is 1980. The molecule has 9 unspecified atom stereocenters. The first-order valence-electron chi connectivity index (χ1n) is 20.7. The average Bonchev–Trinajstić information content (AvgIpc) is 3.67. The van der Waals surface area contributed by atoms with Crippen LogP contribution in [0.15, 0.2) is 151 Å².